The summed E-state index contributed by atoms with van der Waals surface area (Å²) in [6, 6.07) is 12.0. The Balaban J connectivity index is 1.64. The van der Waals surface area contributed by atoms with Gasteiger partial charge in [0, 0.05) is 12.2 Å². The summed E-state index contributed by atoms with van der Waals surface area (Å²) in [6.45, 7) is 2.76. The highest BCUT2D eigenvalue weighted by Crippen LogP contribution is 2.30. The molecule has 1 amide bonds. The van der Waals surface area contributed by atoms with E-state index in [4.69, 9.17) is 4.42 Å². The molecular weight excluding hydrogens is 270 g/mol. The first-order valence-electron chi connectivity index (χ1n) is 6.79. The molecule has 0 radical (unpaired) electrons. The van der Waals surface area contributed by atoms with Crippen molar-refractivity contribution in [3.8, 4) is 0 Å². The number of furan rings is 1. The van der Waals surface area contributed by atoms with Crippen LogP contribution in [0.1, 0.15) is 18.2 Å². The standard InChI is InChI=1S/C16H17NO2S/c1-12(20-11-14-6-4-10-19-14)16(18)17-9-8-13-5-2-3-7-15(13)17/h2-7,10,12H,8-9,11H2,1H3. The number of fused-ring (bicyclic) bond motifs is 1. The van der Waals surface area contributed by atoms with Crippen LogP contribution in [0.3, 0.4) is 0 Å². The Morgan fingerprint density at radius 1 is 1.35 bits per heavy atom. The molecule has 1 aliphatic heterocycles. The molecule has 1 aromatic heterocycles. The molecule has 4 heteroatoms. The summed E-state index contributed by atoms with van der Waals surface area (Å²) >= 11 is 1.62. The summed E-state index contributed by atoms with van der Waals surface area (Å²) < 4.78 is 5.30. The Hall–Kier alpha value is -1.68. The maximum Gasteiger partial charge on any atom is 0.239 e. The highest BCUT2D eigenvalue weighted by Gasteiger charge is 2.27. The number of hydrogen-bond donors (Lipinski definition) is 0. The zero-order valence-corrected chi connectivity index (χ0v) is 12.2. The molecule has 104 valence electrons. The van der Waals surface area contributed by atoms with Crippen LogP contribution in [0.4, 0.5) is 5.69 Å². The third-order valence-corrected chi connectivity index (χ3v) is 4.71. The van der Waals surface area contributed by atoms with E-state index in [0.29, 0.717) is 0 Å². The van der Waals surface area contributed by atoms with Crippen LogP contribution in [0.5, 0.6) is 0 Å². The Labute approximate surface area is 123 Å². The predicted octanol–water partition coefficient (Wildman–Crippen LogP) is 3.49. The maximum absolute atomic E-state index is 12.5. The van der Waals surface area contributed by atoms with Crippen molar-refractivity contribution in [1.82, 2.24) is 0 Å². The van der Waals surface area contributed by atoms with E-state index in [1.165, 1.54) is 5.56 Å². The molecule has 0 saturated heterocycles. The topological polar surface area (TPSA) is 33.5 Å². The van der Waals surface area contributed by atoms with Crippen LogP contribution in [-0.2, 0) is 17.0 Å². The third kappa shape index (κ3) is 2.61. The number of hydrogen-bond acceptors (Lipinski definition) is 3. The van der Waals surface area contributed by atoms with E-state index in [1.54, 1.807) is 18.0 Å². The fraction of sp³-hybridized carbons (Fsp3) is 0.312. The van der Waals surface area contributed by atoms with Gasteiger partial charge < -0.3 is 9.32 Å². The van der Waals surface area contributed by atoms with Gasteiger partial charge >= 0.3 is 0 Å². The summed E-state index contributed by atoms with van der Waals surface area (Å²) in [5.74, 6) is 1.83. The van der Waals surface area contributed by atoms with Crippen molar-refractivity contribution >= 4 is 23.4 Å². The van der Waals surface area contributed by atoms with Gasteiger partial charge in [-0.25, -0.2) is 0 Å². The van der Waals surface area contributed by atoms with Crippen molar-refractivity contribution in [1.29, 1.82) is 0 Å². The maximum atomic E-state index is 12.5. The molecule has 0 saturated carbocycles. The predicted molar refractivity (Wildman–Crippen MR) is 82.0 cm³/mol. The molecule has 20 heavy (non-hydrogen) atoms. The molecule has 0 bridgehead atoms. The van der Waals surface area contributed by atoms with Crippen LogP contribution in [0.25, 0.3) is 0 Å². The molecule has 0 aliphatic carbocycles. The van der Waals surface area contributed by atoms with E-state index in [-0.39, 0.29) is 11.2 Å². The molecule has 3 nitrogen and oxygen atoms in total. The van der Waals surface area contributed by atoms with Gasteiger partial charge in [-0.2, -0.15) is 0 Å². The zero-order chi connectivity index (χ0) is 13.9. The average Bonchev–Trinajstić information content (AvgIpc) is 3.13. The Kier molecular flexibility index (Phi) is 3.83. The third-order valence-electron chi connectivity index (χ3n) is 3.56. The minimum Gasteiger partial charge on any atom is -0.468 e. The Morgan fingerprint density at radius 3 is 3.00 bits per heavy atom. The number of rotatable bonds is 4. The van der Waals surface area contributed by atoms with Gasteiger partial charge in [0.15, 0.2) is 0 Å². The van der Waals surface area contributed by atoms with Crippen LogP contribution in [0.15, 0.2) is 47.1 Å². The van der Waals surface area contributed by atoms with Gasteiger partial charge in [0.1, 0.15) is 5.76 Å². The lowest BCUT2D eigenvalue weighted by Gasteiger charge is -2.21. The quantitative estimate of drug-likeness (QED) is 0.863. The van der Waals surface area contributed by atoms with Crippen LogP contribution in [0, 0.1) is 0 Å². The summed E-state index contributed by atoms with van der Waals surface area (Å²) in [5.41, 5.74) is 2.34. The first-order chi connectivity index (χ1) is 9.75. The Morgan fingerprint density at radius 2 is 2.20 bits per heavy atom. The van der Waals surface area contributed by atoms with Crippen LogP contribution in [0.2, 0.25) is 0 Å². The van der Waals surface area contributed by atoms with Crippen molar-refractivity contribution in [3.63, 3.8) is 0 Å². The molecule has 1 atom stereocenters. The summed E-state index contributed by atoms with van der Waals surface area (Å²) in [6.07, 6.45) is 2.62. The van der Waals surface area contributed by atoms with Crippen LogP contribution < -0.4 is 4.90 Å². The average molecular weight is 287 g/mol. The van der Waals surface area contributed by atoms with E-state index in [1.807, 2.05) is 42.2 Å². The SMILES string of the molecule is CC(SCc1ccco1)C(=O)N1CCc2ccccc21. The van der Waals surface area contributed by atoms with Crippen molar-refractivity contribution in [2.75, 3.05) is 11.4 Å². The van der Waals surface area contributed by atoms with Crippen molar-refractivity contribution in [2.24, 2.45) is 0 Å². The summed E-state index contributed by atoms with van der Waals surface area (Å²) in [4.78, 5) is 14.5. The Bertz CT molecular complexity index is 594. The van der Waals surface area contributed by atoms with E-state index >= 15 is 0 Å². The van der Waals surface area contributed by atoms with Gasteiger partial charge in [0.05, 0.1) is 17.3 Å². The van der Waals surface area contributed by atoms with Gasteiger partial charge in [0.25, 0.3) is 0 Å². The molecule has 0 N–H and O–H groups in total. The van der Waals surface area contributed by atoms with Crippen molar-refractivity contribution in [3.05, 3.63) is 54.0 Å². The largest absolute Gasteiger partial charge is 0.468 e. The van der Waals surface area contributed by atoms with Gasteiger partial charge in [-0.1, -0.05) is 18.2 Å². The van der Waals surface area contributed by atoms with Crippen LogP contribution >= 0.6 is 11.8 Å². The molecule has 2 heterocycles. The van der Waals surface area contributed by atoms with Gasteiger partial charge in [-0.15, -0.1) is 11.8 Å². The number of anilines is 1. The fourth-order valence-electron chi connectivity index (χ4n) is 2.46. The fourth-order valence-corrected chi connectivity index (χ4v) is 3.31. The minimum absolute atomic E-state index is 0.0637. The molecule has 3 rings (SSSR count). The number of thioether (sulfide) groups is 1. The first-order valence-corrected chi connectivity index (χ1v) is 7.84. The van der Waals surface area contributed by atoms with Gasteiger partial charge in [-0.3, -0.25) is 4.79 Å². The highest BCUT2D eigenvalue weighted by molar-refractivity contribution is 7.99. The molecular formula is C16H17NO2S. The number of nitrogens with zero attached hydrogens (tertiary/aromatic N) is 1. The van der Waals surface area contributed by atoms with E-state index in [2.05, 4.69) is 6.07 Å². The lowest BCUT2D eigenvalue weighted by atomic mass is 10.2. The van der Waals surface area contributed by atoms with Crippen LogP contribution in [-0.4, -0.2) is 17.7 Å². The van der Waals surface area contributed by atoms with Gasteiger partial charge in [0.2, 0.25) is 5.91 Å². The second-order valence-corrected chi connectivity index (χ2v) is 6.23. The van der Waals surface area contributed by atoms with Crippen molar-refractivity contribution < 1.29 is 9.21 Å². The van der Waals surface area contributed by atoms with E-state index in [9.17, 15) is 4.79 Å². The second kappa shape index (κ2) is 5.75. The normalized spacial score (nSPS) is 15.2. The first kappa shape index (κ1) is 13.3. The number of carbonyl (C=O) groups is 1. The number of amides is 1. The summed E-state index contributed by atoms with van der Waals surface area (Å²) in [5, 5.41) is -0.0637. The zero-order valence-electron chi connectivity index (χ0n) is 11.4. The smallest absolute Gasteiger partial charge is 0.239 e. The van der Waals surface area contributed by atoms with Crippen molar-refractivity contribution in [2.45, 2.75) is 24.3 Å². The molecule has 1 unspecified atom stereocenters. The molecule has 1 aliphatic rings. The lowest BCUT2D eigenvalue weighted by molar-refractivity contribution is -0.117. The number of carbonyl (C=O) groups excluding carboxylic acids is 1. The minimum atomic E-state index is -0.0637. The number of para-hydroxylation sites is 1. The monoisotopic (exact) mass is 287 g/mol. The number of benzene rings is 1. The van der Waals surface area contributed by atoms with Gasteiger partial charge in [-0.05, 0) is 37.1 Å². The molecule has 0 fully saturated rings. The molecule has 1 aromatic carbocycles. The highest BCUT2D eigenvalue weighted by atomic mass is 32.2. The molecule has 0 spiro atoms. The summed E-state index contributed by atoms with van der Waals surface area (Å²) in [7, 11) is 0. The van der Waals surface area contributed by atoms with E-state index in [0.717, 1.165) is 30.2 Å². The second-order valence-electron chi connectivity index (χ2n) is 4.90. The lowest BCUT2D eigenvalue weighted by Crippen LogP contribution is -2.35. The van der Waals surface area contributed by atoms with E-state index < -0.39 is 0 Å². The molecule has 2 aromatic rings.